The summed E-state index contributed by atoms with van der Waals surface area (Å²) in [4.78, 5) is 0. The standard InChI is InChI=1S/C16H18ClNO2/c1-4-14-16(19,12-8-7-9-13(17)10-12)20-11-15(5-2,6-3)18-14/h4-10,14,18-19H,1-3,11H2/t14-,16-/m1/s1. The number of halogens is 1. The maximum Gasteiger partial charge on any atom is 0.212 e. The van der Waals surface area contributed by atoms with E-state index < -0.39 is 17.4 Å². The van der Waals surface area contributed by atoms with Crippen LogP contribution in [0.1, 0.15) is 5.56 Å². The van der Waals surface area contributed by atoms with Gasteiger partial charge in [-0.05, 0) is 12.1 Å². The minimum absolute atomic E-state index is 0.216. The Kier molecular flexibility index (Phi) is 4.16. The average molecular weight is 292 g/mol. The van der Waals surface area contributed by atoms with Crippen LogP contribution in [0.2, 0.25) is 5.02 Å². The summed E-state index contributed by atoms with van der Waals surface area (Å²) in [6.07, 6.45) is 5.00. The Labute approximate surface area is 124 Å². The second-order valence-corrected chi connectivity index (χ2v) is 5.24. The fraction of sp³-hybridized carbons (Fsp3) is 0.250. The van der Waals surface area contributed by atoms with Gasteiger partial charge < -0.3 is 9.84 Å². The van der Waals surface area contributed by atoms with Crippen LogP contribution in [-0.2, 0) is 10.5 Å². The van der Waals surface area contributed by atoms with Gasteiger partial charge in [-0.15, -0.1) is 19.7 Å². The van der Waals surface area contributed by atoms with E-state index in [1.165, 1.54) is 0 Å². The van der Waals surface area contributed by atoms with Gasteiger partial charge in [-0.2, -0.15) is 0 Å². The average Bonchev–Trinajstić information content (AvgIpc) is 2.48. The first-order valence-electron chi connectivity index (χ1n) is 6.29. The molecule has 1 heterocycles. The highest BCUT2D eigenvalue weighted by molar-refractivity contribution is 6.30. The minimum atomic E-state index is -1.53. The molecule has 0 unspecified atom stereocenters. The maximum absolute atomic E-state index is 10.9. The molecular weight excluding hydrogens is 274 g/mol. The number of hydrogen-bond donors (Lipinski definition) is 2. The van der Waals surface area contributed by atoms with E-state index in [9.17, 15) is 5.11 Å². The van der Waals surface area contributed by atoms with E-state index in [-0.39, 0.29) is 6.61 Å². The third-order valence-electron chi connectivity index (χ3n) is 3.58. The van der Waals surface area contributed by atoms with Crippen molar-refractivity contribution in [1.29, 1.82) is 0 Å². The van der Waals surface area contributed by atoms with Crippen LogP contribution in [0.5, 0.6) is 0 Å². The summed E-state index contributed by atoms with van der Waals surface area (Å²) >= 11 is 5.98. The van der Waals surface area contributed by atoms with Crippen molar-refractivity contribution in [1.82, 2.24) is 5.32 Å². The van der Waals surface area contributed by atoms with Gasteiger partial charge in [0.25, 0.3) is 0 Å². The van der Waals surface area contributed by atoms with E-state index in [2.05, 4.69) is 25.1 Å². The topological polar surface area (TPSA) is 41.5 Å². The van der Waals surface area contributed by atoms with E-state index in [0.717, 1.165) is 0 Å². The Bertz CT molecular complexity index is 535. The Morgan fingerprint density at radius 1 is 1.35 bits per heavy atom. The highest BCUT2D eigenvalue weighted by Crippen LogP contribution is 2.35. The molecule has 0 aliphatic carbocycles. The number of morpholine rings is 1. The molecular formula is C16H18ClNO2. The maximum atomic E-state index is 10.9. The summed E-state index contributed by atoms with van der Waals surface area (Å²) < 4.78 is 5.73. The van der Waals surface area contributed by atoms with Crippen molar-refractivity contribution in [3.63, 3.8) is 0 Å². The summed E-state index contributed by atoms with van der Waals surface area (Å²) in [6.45, 7) is 11.5. The molecule has 2 N–H and O–H groups in total. The van der Waals surface area contributed by atoms with Gasteiger partial charge in [0, 0.05) is 10.6 Å². The number of nitrogens with one attached hydrogen (secondary N) is 1. The Balaban J connectivity index is 2.40. The first-order chi connectivity index (χ1) is 9.49. The summed E-state index contributed by atoms with van der Waals surface area (Å²) in [5.74, 6) is -1.53. The zero-order chi connectivity index (χ0) is 14.8. The molecule has 0 saturated carbocycles. The van der Waals surface area contributed by atoms with E-state index in [4.69, 9.17) is 16.3 Å². The lowest BCUT2D eigenvalue weighted by molar-refractivity contribution is -0.252. The fourth-order valence-electron chi connectivity index (χ4n) is 2.26. The van der Waals surface area contributed by atoms with Gasteiger partial charge in [-0.25, -0.2) is 0 Å². The molecule has 1 aliphatic heterocycles. The second kappa shape index (κ2) is 5.54. The van der Waals surface area contributed by atoms with Gasteiger partial charge in [0.2, 0.25) is 5.79 Å². The Morgan fingerprint density at radius 2 is 2.05 bits per heavy atom. The number of benzene rings is 1. The third-order valence-corrected chi connectivity index (χ3v) is 3.81. The Morgan fingerprint density at radius 3 is 2.60 bits per heavy atom. The largest absolute Gasteiger partial charge is 0.360 e. The van der Waals surface area contributed by atoms with Crippen molar-refractivity contribution in [2.24, 2.45) is 0 Å². The van der Waals surface area contributed by atoms with Crippen LogP contribution in [0.25, 0.3) is 0 Å². The number of hydrogen-bond acceptors (Lipinski definition) is 3. The van der Waals surface area contributed by atoms with Crippen LogP contribution >= 0.6 is 11.6 Å². The smallest absolute Gasteiger partial charge is 0.212 e. The second-order valence-electron chi connectivity index (χ2n) is 4.80. The quantitative estimate of drug-likeness (QED) is 0.838. The van der Waals surface area contributed by atoms with Crippen LogP contribution in [0, 0.1) is 0 Å². The SMILES string of the molecule is C=C[C@H]1NC(C=C)(C=C)CO[C@]1(O)c1cccc(Cl)c1. The molecule has 0 bridgehead atoms. The van der Waals surface area contributed by atoms with Crippen molar-refractivity contribution in [2.75, 3.05) is 6.61 Å². The van der Waals surface area contributed by atoms with E-state index in [0.29, 0.717) is 10.6 Å². The predicted molar refractivity (Wildman–Crippen MR) is 81.5 cm³/mol. The normalized spacial score (nSPS) is 28.6. The third kappa shape index (κ3) is 2.45. The lowest BCUT2D eigenvalue weighted by Crippen LogP contribution is -2.64. The monoisotopic (exact) mass is 291 g/mol. The lowest BCUT2D eigenvalue weighted by Gasteiger charge is -2.46. The Hall–Kier alpha value is -1.39. The van der Waals surface area contributed by atoms with Gasteiger partial charge in [0.05, 0.1) is 18.2 Å². The lowest BCUT2D eigenvalue weighted by atomic mass is 9.89. The van der Waals surface area contributed by atoms with Crippen LogP contribution in [0.15, 0.2) is 62.2 Å². The molecule has 1 aromatic carbocycles. The highest BCUT2D eigenvalue weighted by atomic mass is 35.5. The molecule has 2 rings (SSSR count). The van der Waals surface area contributed by atoms with Gasteiger partial charge in [0.1, 0.15) is 0 Å². The predicted octanol–water partition coefficient (Wildman–Crippen LogP) is 2.77. The number of aliphatic hydroxyl groups is 1. The minimum Gasteiger partial charge on any atom is -0.360 e. The molecule has 0 aromatic heterocycles. The van der Waals surface area contributed by atoms with Gasteiger partial charge in [-0.1, -0.05) is 42.0 Å². The molecule has 1 aliphatic rings. The van der Waals surface area contributed by atoms with Crippen LogP contribution in [0.3, 0.4) is 0 Å². The zero-order valence-electron chi connectivity index (χ0n) is 11.2. The summed E-state index contributed by atoms with van der Waals surface area (Å²) in [6, 6.07) is 6.42. The molecule has 3 nitrogen and oxygen atoms in total. The molecule has 1 fully saturated rings. The molecule has 0 spiro atoms. The van der Waals surface area contributed by atoms with Crippen molar-refractivity contribution < 1.29 is 9.84 Å². The van der Waals surface area contributed by atoms with Crippen LogP contribution < -0.4 is 5.32 Å². The van der Waals surface area contributed by atoms with Gasteiger partial charge in [0.15, 0.2) is 0 Å². The first-order valence-corrected chi connectivity index (χ1v) is 6.67. The van der Waals surface area contributed by atoms with Crippen molar-refractivity contribution >= 4 is 11.6 Å². The molecule has 0 radical (unpaired) electrons. The fourth-order valence-corrected chi connectivity index (χ4v) is 2.45. The molecule has 4 heteroatoms. The summed E-state index contributed by atoms with van der Waals surface area (Å²) in [7, 11) is 0. The highest BCUT2D eigenvalue weighted by Gasteiger charge is 2.47. The van der Waals surface area contributed by atoms with E-state index in [1.54, 1.807) is 42.5 Å². The van der Waals surface area contributed by atoms with E-state index in [1.807, 2.05) is 0 Å². The molecule has 20 heavy (non-hydrogen) atoms. The van der Waals surface area contributed by atoms with Crippen molar-refractivity contribution in [2.45, 2.75) is 17.4 Å². The van der Waals surface area contributed by atoms with Crippen molar-refractivity contribution in [3.8, 4) is 0 Å². The molecule has 2 atom stereocenters. The van der Waals surface area contributed by atoms with E-state index >= 15 is 0 Å². The van der Waals surface area contributed by atoms with Gasteiger partial charge >= 0.3 is 0 Å². The van der Waals surface area contributed by atoms with Crippen LogP contribution in [0.4, 0.5) is 0 Å². The number of ether oxygens (including phenoxy) is 1. The summed E-state index contributed by atoms with van der Waals surface area (Å²) in [5, 5.41) is 14.7. The summed E-state index contributed by atoms with van der Waals surface area (Å²) in [5.41, 5.74) is -0.0203. The molecule has 1 aromatic rings. The molecule has 1 saturated heterocycles. The van der Waals surface area contributed by atoms with Gasteiger partial charge in [-0.3, -0.25) is 5.32 Å². The first kappa shape index (κ1) is 15.0. The zero-order valence-corrected chi connectivity index (χ0v) is 11.9. The molecule has 106 valence electrons. The molecule has 0 amide bonds. The van der Waals surface area contributed by atoms with Crippen LogP contribution in [-0.4, -0.2) is 23.3 Å². The van der Waals surface area contributed by atoms with Crippen molar-refractivity contribution in [3.05, 3.63) is 72.8 Å². The number of rotatable bonds is 4.